The summed E-state index contributed by atoms with van der Waals surface area (Å²) in [7, 11) is 3.25. The molecule has 0 spiro atoms. The van der Waals surface area contributed by atoms with E-state index in [1.807, 2.05) is 69.3 Å². The molecule has 1 N–H and O–H groups in total. The van der Waals surface area contributed by atoms with E-state index in [0.717, 1.165) is 22.6 Å². The van der Waals surface area contributed by atoms with Crippen LogP contribution in [-0.4, -0.2) is 48.8 Å². The summed E-state index contributed by atoms with van der Waals surface area (Å²) in [6.07, 6.45) is 0.539. The molecule has 1 atom stereocenters. The van der Waals surface area contributed by atoms with Crippen LogP contribution in [-0.2, 0) is 21.9 Å². The smallest absolute Gasteiger partial charge is 0.243 e. The van der Waals surface area contributed by atoms with Crippen LogP contribution in [0.25, 0.3) is 0 Å². The van der Waals surface area contributed by atoms with Crippen LogP contribution < -0.4 is 14.8 Å². The number of hydrogen-bond acceptors (Lipinski definition) is 5. The number of nitrogens with zero attached hydrogens (tertiary/aromatic N) is 1. The van der Waals surface area contributed by atoms with Crippen molar-refractivity contribution in [3.8, 4) is 11.5 Å². The van der Waals surface area contributed by atoms with Gasteiger partial charge in [0, 0.05) is 18.3 Å². The molecule has 0 aliphatic heterocycles. The van der Waals surface area contributed by atoms with Crippen molar-refractivity contribution in [2.45, 2.75) is 51.6 Å². The van der Waals surface area contributed by atoms with Crippen LogP contribution in [0.4, 0.5) is 0 Å². The zero-order valence-electron chi connectivity index (χ0n) is 19.6. The normalized spacial score (nSPS) is 11.7. The zero-order valence-corrected chi connectivity index (χ0v) is 20.4. The highest BCUT2D eigenvalue weighted by atomic mass is 32.2. The molecule has 2 amide bonds. The quantitative estimate of drug-likeness (QED) is 0.515. The largest absolute Gasteiger partial charge is 0.497 e. The maximum atomic E-state index is 13.3. The Morgan fingerprint density at radius 3 is 2.28 bits per heavy atom. The van der Waals surface area contributed by atoms with Crippen molar-refractivity contribution in [2.24, 2.45) is 0 Å². The highest BCUT2D eigenvalue weighted by Crippen LogP contribution is 2.20. The van der Waals surface area contributed by atoms with Gasteiger partial charge in [-0.3, -0.25) is 9.59 Å². The second-order valence-corrected chi connectivity index (χ2v) is 8.79. The summed E-state index contributed by atoms with van der Waals surface area (Å²) in [6.45, 7) is 6.12. The molecule has 0 saturated carbocycles. The van der Waals surface area contributed by atoms with Gasteiger partial charge in [0.2, 0.25) is 11.8 Å². The number of benzene rings is 2. The predicted octanol–water partition coefficient (Wildman–Crippen LogP) is 4.27. The Kier molecular flexibility index (Phi) is 10.4. The second-order valence-electron chi connectivity index (χ2n) is 7.80. The highest BCUT2D eigenvalue weighted by molar-refractivity contribution is 7.99. The molecule has 0 fully saturated rings. The molecule has 0 radical (unpaired) electrons. The van der Waals surface area contributed by atoms with Crippen molar-refractivity contribution < 1.29 is 19.1 Å². The first-order valence-electron chi connectivity index (χ1n) is 10.8. The number of carbonyl (C=O) groups excluding carboxylic acids is 2. The Labute approximate surface area is 195 Å². The lowest BCUT2D eigenvalue weighted by atomic mass is 10.1. The fourth-order valence-electron chi connectivity index (χ4n) is 3.33. The van der Waals surface area contributed by atoms with Crippen molar-refractivity contribution >= 4 is 23.6 Å². The van der Waals surface area contributed by atoms with Gasteiger partial charge in [0.25, 0.3) is 0 Å². The van der Waals surface area contributed by atoms with Crippen LogP contribution in [0.1, 0.15) is 38.3 Å². The topological polar surface area (TPSA) is 67.9 Å². The first kappa shape index (κ1) is 25.6. The minimum atomic E-state index is -0.530. The van der Waals surface area contributed by atoms with E-state index in [2.05, 4.69) is 5.32 Å². The van der Waals surface area contributed by atoms with E-state index < -0.39 is 6.04 Å². The average Bonchev–Trinajstić information content (AvgIpc) is 2.79. The maximum Gasteiger partial charge on any atom is 0.243 e. The number of carbonyl (C=O) groups is 2. The Morgan fingerprint density at radius 1 is 1.00 bits per heavy atom. The number of nitrogens with one attached hydrogen (secondary N) is 1. The minimum absolute atomic E-state index is 0.00904. The van der Waals surface area contributed by atoms with Gasteiger partial charge in [0.15, 0.2) is 0 Å². The van der Waals surface area contributed by atoms with Gasteiger partial charge in [-0.05, 0) is 55.7 Å². The molecule has 174 valence electrons. The monoisotopic (exact) mass is 458 g/mol. The predicted molar refractivity (Wildman–Crippen MR) is 130 cm³/mol. The van der Waals surface area contributed by atoms with E-state index in [1.165, 1.54) is 11.8 Å². The summed E-state index contributed by atoms with van der Waals surface area (Å²) in [5.41, 5.74) is 2.04. The van der Waals surface area contributed by atoms with Crippen LogP contribution in [0.5, 0.6) is 11.5 Å². The molecular weight excluding hydrogens is 424 g/mol. The van der Waals surface area contributed by atoms with Gasteiger partial charge in [0.05, 0.1) is 20.0 Å². The van der Waals surface area contributed by atoms with Crippen LogP contribution in [0.15, 0.2) is 48.5 Å². The van der Waals surface area contributed by atoms with Gasteiger partial charge in [0.1, 0.15) is 17.5 Å². The van der Waals surface area contributed by atoms with Crippen molar-refractivity contribution in [2.75, 3.05) is 20.0 Å². The third-order valence-corrected chi connectivity index (χ3v) is 5.95. The molecule has 0 saturated heterocycles. The molecule has 0 aliphatic carbocycles. The van der Waals surface area contributed by atoms with E-state index in [9.17, 15) is 9.59 Å². The number of methoxy groups -OCH3 is 2. The van der Waals surface area contributed by atoms with Crippen molar-refractivity contribution in [3.63, 3.8) is 0 Å². The lowest BCUT2D eigenvalue weighted by molar-refractivity contribution is -0.139. The van der Waals surface area contributed by atoms with E-state index in [1.54, 1.807) is 19.1 Å². The summed E-state index contributed by atoms with van der Waals surface area (Å²) in [4.78, 5) is 27.8. The van der Waals surface area contributed by atoms with Crippen molar-refractivity contribution in [3.05, 3.63) is 59.7 Å². The second kappa shape index (κ2) is 13.0. The Hall–Kier alpha value is -2.67. The van der Waals surface area contributed by atoms with E-state index in [-0.39, 0.29) is 17.9 Å². The highest BCUT2D eigenvalue weighted by Gasteiger charge is 2.28. The molecule has 0 bridgehead atoms. The Balaban J connectivity index is 2.13. The maximum absolute atomic E-state index is 13.3. The average molecular weight is 459 g/mol. The lowest BCUT2D eigenvalue weighted by Crippen LogP contribution is -2.50. The molecule has 2 aromatic rings. The summed E-state index contributed by atoms with van der Waals surface area (Å²) < 4.78 is 10.5. The lowest BCUT2D eigenvalue weighted by Gasteiger charge is -2.31. The summed E-state index contributed by atoms with van der Waals surface area (Å²) in [6, 6.07) is 14.9. The Morgan fingerprint density at radius 2 is 1.69 bits per heavy atom. The van der Waals surface area contributed by atoms with Crippen LogP contribution in [0.2, 0.25) is 0 Å². The summed E-state index contributed by atoms with van der Waals surface area (Å²) >= 11 is 1.54. The van der Waals surface area contributed by atoms with Crippen LogP contribution in [0, 0.1) is 0 Å². The standard InChI is InChI=1S/C25H34N2O4S/c1-6-23(25(29)26-18(2)3)27(15-20-8-7-9-22(14-20)31-5)24(28)17-32-16-19-10-12-21(30-4)13-11-19/h7-14,18,23H,6,15-17H2,1-5H3,(H,26,29). The van der Waals surface area contributed by atoms with Gasteiger partial charge >= 0.3 is 0 Å². The van der Waals surface area contributed by atoms with Gasteiger partial charge in [-0.25, -0.2) is 0 Å². The fraction of sp³-hybridized carbons (Fsp3) is 0.440. The number of amides is 2. The third-order valence-electron chi connectivity index (χ3n) is 4.96. The number of rotatable bonds is 12. The van der Waals surface area contributed by atoms with Crippen molar-refractivity contribution in [1.29, 1.82) is 0 Å². The molecule has 0 heterocycles. The van der Waals surface area contributed by atoms with E-state index in [0.29, 0.717) is 24.5 Å². The molecule has 1 unspecified atom stereocenters. The fourth-order valence-corrected chi connectivity index (χ4v) is 4.20. The van der Waals surface area contributed by atoms with Gasteiger partial charge in [-0.2, -0.15) is 0 Å². The molecule has 0 aromatic heterocycles. The molecule has 0 aliphatic rings. The number of hydrogen-bond donors (Lipinski definition) is 1. The third kappa shape index (κ3) is 7.79. The molecule has 2 rings (SSSR count). The van der Waals surface area contributed by atoms with E-state index >= 15 is 0 Å². The van der Waals surface area contributed by atoms with Crippen LogP contribution in [0.3, 0.4) is 0 Å². The van der Waals surface area contributed by atoms with Gasteiger partial charge < -0.3 is 19.7 Å². The summed E-state index contributed by atoms with van der Waals surface area (Å²) in [5.74, 6) is 2.35. The summed E-state index contributed by atoms with van der Waals surface area (Å²) in [5, 5.41) is 2.95. The number of thioether (sulfide) groups is 1. The number of ether oxygens (including phenoxy) is 2. The molecule has 6 nitrogen and oxygen atoms in total. The molecule has 2 aromatic carbocycles. The first-order valence-corrected chi connectivity index (χ1v) is 12.0. The van der Waals surface area contributed by atoms with Gasteiger partial charge in [-0.1, -0.05) is 31.2 Å². The molecule has 32 heavy (non-hydrogen) atoms. The van der Waals surface area contributed by atoms with Crippen molar-refractivity contribution in [1.82, 2.24) is 10.2 Å². The SMILES string of the molecule is CCC(C(=O)NC(C)C)N(Cc1cccc(OC)c1)C(=O)CSCc1ccc(OC)cc1. The molecule has 7 heteroatoms. The molecular formula is C25H34N2O4S. The first-order chi connectivity index (χ1) is 15.4. The zero-order chi connectivity index (χ0) is 23.5. The van der Waals surface area contributed by atoms with E-state index in [4.69, 9.17) is 9.47 Å². The van der Waals surface area contributed by atoms with Gasteiger partial charge in [-0.15, -0.1) is 11.8 Å². The van der Waals surface area contributed by atoms with Crippen LogP contribution >= 0.6 is 11.8 Å². The Bertz CT molecular complexity index is 871. The minimum Gasteiger partial charge on any atom is -0.497 e.